The number of aromatic nitrogens is 1. The van der Waals surface area contributed by atoms with Crippen LogP contribution >= 0.6 is 0 Å². The van der Waals surface area contributed by atoms with E-state index in [2.05, 4.69) is 4.98 Å². The Hall–Kier alpha value is -2.51. The number of para-hydroxylation sites is 1. The van der Waals surface area contributed by atoms with E-state index in [-0.39, 0.29) is 18.4 Å². The van der Waals surface area contributed by atoms with Crippen molar-refractivity contribution in [2.45, 2.75) is 18.3 Å². The third kappa shape index (κ3) is 3.94. The predicted octanol–water partition coefficient (Wildman–Crippen LogP) is 3.36. The first kappa shape index (κ1) is 17.9. The average Bonchev–Trinajstić information content (AvgIpc) is 3.11. The van der Waals surface area contributed by atoms with Crippen molar-refractivity contribution < 1.29 is 17.5 Å². The molecule has 3 aromatic rings. The molecule has 2 heterocycles. The summed E-state index contributed by atoms with van der Waals surface area (Å²) in [6.45, 7) is 0.668. The number of hydrogen-bond acceptors (Lipinski definition) is 4. The Morgan fingerprint density at radius 3 is 2.81 bits per heavy atom. The maximum atomic E-state index is 13.3. The molecule has 7 heteroatoms. The molecule has 0 aliphatic carbocycles. The van der Waals surface area contributed by atoms with E-state index in [1.807, 2.05) is 30.3 Å². The molecule has 140 valence electrons. The van der Waals surface area contributed by atoms with E-state index in [0.29, 0.717) is 24.3 Å². The summed E-state index contributed by atoms with van der Waals surface area (Å²) in [6.07, 6.45) is 2.07. The quantitative estimate of drug-likeness (QED) is 0.675. The lowest BCUT2D eigenvalue weighted by molar-refractivity contribution is 0.218. The Morgan fingerprint density at radius 2 is 1.96 bits per heavy atom. The van der Waals surface area contributed by atoms with Gasteiger partial charge in [-0.15, -0.1) is 0 Å². The van der Waals surface area contributed by atoms with E-state index in [1.165, 1.54) is 22.5 Å². The lowest BCUT2D eigenvalue weighted by atomic mass is 10.2. The van der Waals surface area contributed by atoms with Crippen molar-refractivity contribution in [3.8, 4) is 5.75 Å². The molecular formula is C20H19FN2O3S. The van der Waals surface area contributed by atoms with Gasteiger partial charge >= 0.3 is 0 Å². The number of rotatable bonds is 5. The Kier molecular flexibility index (Phi) is 4.80. The van der Waals surface area contributed by atoms with Crippen LogP contribution in [0, 0.1) is 5.82 Å². The first-order chi connectivity index (χ1) is 13.0. The number of benzene rings is 2. The van der Waals surface area contributed by atoms with E-state index in [1.54, 1.807) is 12.3 Å². The molecule has 1 unspecified atom stereocenters. The molecule has 0 amide bonds. The maximum absolute atomic E-state index is 13.3. The largest absolute Gasteiger partial charge is 0.487 e. The van der Waals surface area contributed by atoms with Crippen LogP contribution in [0.5, 0.6) is 5.75 Å². The summed E-state index contributed by atoms with van der Waals surface area (Å²) in [5, 5.41) is 0.976. The summed E-state index contributed by atoms with van der Waals surface area (Å²) in [5.41, 5.74) is 1.21. The highest BCUT2D eigenvalue weighted by Gasteiger charge is 2.33. The van der Waals surface area contributed by atoms with E-state index < -0.39 is 15.8 Å². The number of hydrogen-bond donors (Lipinski definition) is 0. The maximum Gasteiger partial charge on any atom is 0.218 e. The van der Waals surface area contributed by atoms with Crippen molar-refractivity contribution in [1.82, 2.24) is 9.29 Å². The highest BCUT2D eigenvalue weighted by molar-refractivity contribution is 7.88. The molecule has 1 aliphatic heterocycles. The van der Waals surface area contributed by atoms with Gasteiger partial charge in [0.25, 0.3) is 0 Å². The molecule has 5 nitrogen and oxygen atoms in total. The first-order valence-corrected chi connectivity index (χ1v) is 10.3. The van der Waals surface area contributed by atoms with Crippen LogP contribution in [0.25, 0.3) is 10.9 Å². The molecule has 0 spiro atoms. The minimum atomic E-state index is -3.53. The second-order valence-corrected chi connectivity index (χ2v) is 8.57. The molecule has 1 fully saturated rings. The number of nitrogens with zero attached hydrogens (tertiary/aromatic N) is 2. The first-order valence-electron chi connectivity index (χ1n) is 8.74. The van der Waals surface area contributed by atoms with Crippen molar-refractivity contribution >= 4 is 20.9 Å². The summed E-state index contributed by atoms with van der Waals surface area (Å²) in [6, 6.07) is 15.2. The van der Waals surface area contributed by atoms with Gasteiger partial charge in [0.2, 0.25) is 10.0 Å². The lowest BCUT2D eigenvalue weighted by Crippen LogP contribution is -2.32. The molecule has 0 radical (unpaired) electrons. The van der Waals surface area contributed by atoms with Gasteiger partial charge < -0.3 is 4.74 Å². The Labute approximate surface area is 157 Å². The van der Waals surface area contributed by atoms with Gasteiger partial charge in [-0.1, -0.05) is 30.3 Å². The van der Waals surface area contributed by atoms with Crippen molar-refractivity contribution in [2.75, 3.05) is 13.1 Å². The van der Waals surface area contributed by atoms with Crippen molar-refractivity contribution in [2.24, 2.45) is 0 Å². The molecule has 1 saturated heterocycles. The van der Waals surface area contributed by atoms with Crippen LogP contribution in [0.2, 0.25) is 0 Å². The highest BCUT2D eigenvalue weighted by atomic mass is 32.2. The molecule has 1 aromatic heterocycles. The van der Waals surface area contributed by atoms with Crippen LogP contribution in [0.1, 0.15) is 12.0 Å². The predicted molar refractivity (Wildman–Crippen MR) is 101 cm³/mol. The lowest BCUT2D eigenvalue weighted by Gasteiger charge is -2.18. The topological polar surface area (TPSA) is 59.5 Å². The molecule has 1 atom stereocenters. The van der Waals surface area contributed by atoms with E-state index >= 15 is 0 Å². The van der Waals surface area contributed by atoms with Gasteiger partial charge in [0, 0.05) is 18.1 Å². The molecule has 2 aromatic carbocycles. The van der Waals surface area contributed by atoms with Crippen LogP contribution in [0.3, 0.4) is 0 Å². The molecule has 0 N–H and O–H groups in total. The molecular weight excluding hydrogens is 367 g/mol. The minimum absolute atomic E-state index is 0.215. The van der Waals surface area contributed by atoms with Gasteiger partial charge in [-0.3, -0.25) is 4.98 Å². The van der Waals surface area contributed by atoms with Crippen LogP contribution < -0.4 is 4.74 Å². The van der Waals surface area contributed by atoms with Crippen LogP contribution in [0.4, 0.5) is 4.39 Å². The van der Waals surface area contributed by atoms with Crippen molar-refractivity contribution in [1.29, 1.82) is 0 Å². The van der Waals surface area contributed by atoms with Crippen LogP contribution in [-0.4, -0.2) is 36.9 Å². The van der Waals surface area contributed by atoms with Crippen LogP contribution in [-0.2, 0) is 15.8 Å². The summed E-state index contributed by atoms with van der Waals surface area (Å²) < 4.78 is 46.1. The van der Waals surface area contributed by atoms with Crippen LogP contribution in [0.15, 0.2) is 60.8 Å². The zero-order valence-corrected chi connectivity index (χ0v) is 15.4. The molecule has 0 bridgehead atoms. The van der Waals surface area contributed by atoms with Gasteiger partial charge in [0.05, 0.1) is 12.3 Å². The van der Waals surface area contributed by atoms with E-state index in [4.69, 9.17) is 4.74 Å². The monoisotopic (exact) mass is 386 g/mol. The molecule has 1 aliphatic rings. The summed E-state index contributed by atoms with van der Waals surface area (Å²) >= 11 is 0. The number of halogens is 1. The normalized spacial score (nSPS) is 18.0. The zero-order chi connectivity index (χ0) is 18.9. The number of ether oxygens (including phenoxy) is 1. The van der Waals surface area contributed by atoms with Gasteiger partial charge in [-0.05, 0) is 36.2 Å². The standard InChI is InChI=1S/C20H19FN2O3S/c21-17-7-1-4-15(12-17)14-27(24,25)23-11-9-18(13-23)26-19-8-2-5-16-6-3-10-22-20(16)19/h1-8,10,12,18H,9,11,13-14H2. The summed E-state index contributed by atoms with van der Waals surface area (Å²) in [5.74, 6) is 0.00379. The Morgan fingerprint density at radius 1 is 1.15 bits per heavy atom. The van der Waals surface area contributed by atoms with Crippen molar-refractivity contribution in [3.05, 3.63) is 72.2 Å². The molecule has 4 rings (SSSR count). The Balaban J connectivity index is 1.46. The number of pyridine rings is 1. The van der Waals surface area contributed by atoms with Gasteiger partial charge in [-0.25, -0.2) is 12.8 Å². The average molecular weight is 386 g/mol. The second kappa shape index (κ2) is 7.25. The number of fused-ring (bicyclic) bond motifs is 1. The third-order valence-electron chi connectivity index (χ3n) is 4.63. The third-order valence-corrected chi connectivity index (χ3v) is 6.45. The Bertz CT molecular complexity index is 1070. The fourth-order valence-electron chi connectivity index (χ4n) is 3.33. The smallest absolute Gasteiger partial charge is 0.218 e. The molecule has 0 saturated carbocycles. The number of sulfonamides is 1. The summed E-state index contributed by atoms with van der Waals surface area (Å²) in [4.78, 5) is 4.36. The summed E-state index contributed by atoms with van der Waals surface area (Å²) in [7, 11) is -3.53. The van der Waals surface area contributed by atoms with Gasteiger partial charge in [-0.2, -0.15) is 4.31 Å². The molecule has 27 heavy (non-hydrogen) atoms. The zero-order valence-electron chi connectivity index (χ0n) is 14.6. The van der Waals surface area contributed by atoms with E-state index in [9.17, 15) is 12.8 Å². The highest BCUT2D eigenvalue weighted by Crippen LogP contribution is 2.27. The minimum Gasteiger partial charge on any atom is -0.487 e. The fraction of sp³-hybridized carbons (Fsp3) is 0.250. The fourth-order valence-corrected chi connectivity index (χ4v) is 4.89. The van der Waals surface area contributed by atoms with Gasteiger partial charge in [0.1, 0.15) is 23.2 Å². The SMILES string of the molecule is O=S(=O)(Cc1cccc(F)c1)N1CCC(Oc2cccc3cccnc23)C1. The van der Waals surface area contributed by atoms with E-state index in [0.717, 1.165) is 10.9 Å². The van der Waals surface area contributed by atoms with Crippen molar-refractivity contribution in [3.63, 3.8) is 0 Å². The van der Waals surface area contributed by atoms with Gasteiger partial charge in [0.15, 0.2) is 0 Å². The second-order valence-electron chi connectivity index (χ2n) is 6.60.